The van der Waals surface area contributed by atoms with Crippen LogP contribution in [0.4, 0.5) is 0 Å². The third-order valence-electron chi connectivity index (χ3n) is 4.23. The Morgan fingerprint density at radius 3 is 2.50 bits per heavy atom. The normalized spacial score (nSPS) is 18.4. The molecule has 4 nitrogen and oxygen atoms in total. The summed E-state index contributed by atoms with van der Waals surface area (Å²) in [5.74, 6) is 1.40. The number of ether oxygens (including phenoxy) is 1. The summed E-state index contributed by atoms with van der Waals surface area (Å²) in [5, 5.41) is 4.92. The molecule has 1 fully saturated rings. The van der Waals surface area contributed by atoms with Gasteiger partial charge in [-0.05, 0) is 30.5 Å². The summed E-state index contributed by atoms with van der Waals surface area (Å²) in [4.78, 5) is 4.71. The number of hydrogen-bond donors (Lipinski definition) is 0. The van der Waals surface area contributed by atoms with E-state index in [9.17, 15) is 0 Å². The van der Waals surface area contributed by atoms with Crippen LogP contribution in [0.5, 0.6) is 0 Å². The first-order valence-electron chi connectivity index (χ1n) is 7.60. The van der Waals surface area contributed by atoms with Crippen molar-refractivity contribution in [1.29, 1.82) is 0 Å². The largest absolute Gasteiger partial charge is 0.381 e. The number of halogens is 1. The number of benzene rings is 1. The van der Waals surface area contributed by atoms with Gasteiger partial charge in [-0.15, -0.1) is 0 Å². The topological polar surface area (TPSA) is 48.2 Å². The van der Waals surface area contributed by atoms with Gasteiger partial charge in [-0.25, -0.2) is 0 Å². The molecular formula is C17H21ClN2O2. The summed E-state index contributed by atoms with van der Waals surface area (Å²) in [6, 6.07) is 7.92. The maximum Gasteiger partial charge on any atom is 0.237 e. The van der Waals surface area contributed by atoms with Crippen LogP contribution in [-0.2, 0) is 15.6 Å². The standard InChI is InChI=1S/C17H21ClN2O2/c1-16(2,3)14-19-15(22-20-14)17(7-9-21-10-8-17)12-5-4-6-13(18)11-12/h4-6,11H,7-10H2,1-3H3. The molecule has 0 amide bonds. The van der Waals surface area contributed by atoms with Gasteiger partial charge in [-0.2, -0.15) is 4.98 Å². The van der Waals surface area contributed by atoms with Crippen LogP contribution in [0.15, 0.2) is 28.8 Å². The molecule has 1 aliphatic rings. The molecule has 1 saturated heterocycles. The molecule has 2 heterocycles. The van der Waals surface area contributed by atoms with Crippen molar-refractivity contribution in [1.82, 2.24) is 10.1 Å². The molecular weight excluding hydrogens is 300 g/mol. The van der Waals surface area contributed by atoms with Crippen molar-refractivity contribution in [3.63, 3.8) is 0 Å². The lowest BCUT2D eigenvalue weighted by Crippen LogP contribution is -2.35. The first-order valence-corrected chi connectivity index (χ1v) is 7.98. The minimum absolute atomic E-state index is 0.136. The zero-order valence-electron chi connectivity index (χ0n) is 13.2. The highest BCUT2D eigenvalue weighted by atomic mass is 35.5. The van der Waals surface area contributed by atoms with Crippen molar-refractivity contribution in [2.24, 2.45) is 0 Å². The van der Waals surface area contributed by atoms with Crippen LogP contribution in [0.2, 0.25) is 5.02 Å². The predicted molar refractivity (Wildman–Crippen MR) is 85.3 cm³/mol. The van der Waals surface area contributed by atoms with E-state index in [0.717, 1.165) is 29.3 Å². The molecule has 1 aliphatic heterocycles. The molecule has 1 aromatic carbocycles. The van der Waals surface area contributed by atoms with E-state index in [-0.39, 0.29) is 10.8 Å². The number of nitrogens with zero attached hydrogens (tertiary/aromatic N) is 2. The molecule has 0 radical (unpaired) electrons. The molecule has 0 atom stereocenters. The predicted octanol–water partition coefficient (Wildman–Crippen LogP) is 4.12. The van der Waals surface area contributed by atoms with Gasteiger partial charge in [-0.3, -0.25) is 0 Å². The van der Waals surface area contributed by atoms with E-state index in [2.05, 4.69) is 32.0 Å². The summed E-state index contributed by atoms with van der Waals surface area (Å²) in [7, 11) is 0. The fraction of sp³-hybridized carbons (Fsp3) is 0.529. The van der Waals surface area contributed by atoms with E-state index >= 15 is 0 Å². The minimum Gasteiger partial charge on any atom is -0.381 e. The molecule has 0 aliphatic carbocycles. The van der Waals surface area contributed by atoms with Gasteiger partial charge >= 0.3 is 0 Å². The Bertz CT molecular complexity index is 655. The van der Waals surface area contributed by atoms with E-state index in [0.29, 0.717) is 19.1 Å². The second-order valence-electron chi connectivity index (χ2n) is 6.88. The number of rotatable bonds is 2. The van der Waals surface area contributed by atoms with Crippen LogP contribution in [0, 0.1) is 0 Å². The zero-order chi connectivity index (χ0) is 15.8. The van der Waals surface area contributed by atoms with Crippen molar-refractivity contribution >= 4 is 11.6 Å². The van der Waals surface area contributed by atoms with Crippen LogP contribution in [0.1, 0.15) is 50.9 Å². The molecule has 22 heavy (non-hydrogen) atoms. The lowest BCUT2D eigenvalue weighted by molar-refractivity contribution is 0.0523. The average molecular weight is 321 g/mol. The summed E-state index contributed by atoms with van der Waals surface area (Å²) < 4.78 is 11.2. The Balaban J connectivity index is 2.08. The Labute approximate surface area is 135 Å². The van der Waals surface area contributed by atoms with Gasteiger partial charge in [-0.1, -0.05) is 49.7 Å². The smallest absolute Gasteiger partial charge is 0.237 e. The van der Waals surface area contributed by atoms with Crippen LogP contribution in [-0.4, -0.2) is 23.4 Å². The van der Waals surface area contributed by atoms with Crippen LogP contribution < -0.4 is 0 Å². The third kappa shape index (κ3) is 2.77. The van der Waals surface area contributed by atoms with E-state index in [4.69, 9.17) is 25.8 Å². The van der Waals surface area contributed by atoms with Gasteiger partial charge in [0.1, 0.15) is 0 Å². The van der Waals surface area contributed by atoms with E-state index in [1.54, 1.807) is 0 Å². The van der Waals surface area contributed by atoms with Crippen LogP contribution >= 0.6 is 11.6 Å². The van der Waals surface area contributed by atoms with E-state index < -0.39 is 0 Å². The van der Waals surface area contributed by atoms with Gasteiger partial charge in [0, 0.05) is 23.7 Å². The second-order valence-corrected chi connectivity index (χ2v) is 7.31. The zero-order valence-corrected chi connectivity index (χ0v) is 14.0. The highest BCUT2D eigenvalue weighted by molar-refractivity contribution is 6.30. The molecule has 1 aromatic heterocycles. The van der Waals surface area contributed by atoms with Crippen LogP contribution in [0.25, 0.3) is 0 Å². The van der Waals surface area contributed by atoms with Crippen LogP contribution in [0.3, 0.4) is 0 Å². The highest BCUT2D eigenvalue weighted by Gasteiger charge is 2.42. The summed E-state index contributed by atoms with van der Waals surface area (Å²) in [6.45, 7) is 7.60. The lowest BCUT2D eigenvalue weighted by atomic mass is 9.74. The van der Waals surface area contributed by atoms with E-state index in [1.807, 2.05) is 18.2 Å². The molecule has 0 spiro atoms. The SMILES string of the molecule is CC(C)(C)c1noc(C2(c3cccc(Cl)c3)CCOCC2)n1. The minimum atomic E-state index is -0.306. The lowest BCUT2D eigenvalue weighted by Gasteiger charge is -2.34. The monoisotopic (exact) mass is 320 g/mol. The van der Waals surface area contributed by atoms with Crippen molar-refractivity contribution in [2.75, 3.05) is 13.2 Å². The van der Waals surface area contributed by atoms with Crippen molar-refractivity contribution in [3.8, 4) is 0 Å². The molecule has 0 saturated carbocycles. The quantitative estimate of drug-likeness (QED) is 0.835. The molecule has 3 rings (SSSR count). The van der Waals surface area contributed by atoms with Gasteiger partial charge in [0.25, 0.3) is 0 Å². The van der Waals surface area contributed by atoms with Crippen molar-refractivity contribution in [3.05, 3.63) is 46.6 Å². The maximum atomic E-state index is 6.19. The Hall–Kier alpha value is -1.39. The first-order chi connectivity index (χ1) is 10.4. The fourth-order valence-corrected chi connectivity index (χ4v) is 3.04. The third-order valence-corrected chi connectivity index (χ3v) is 4.46. The van der Waals surface area contributed by atoms with Gasteiger partial charge in [0.15, 0.2) is 5.82 Å². The number of aromatic nitrogens is 2. The van der Waals surface area contributed by atoms with Crippen molar-refractivity contribution in [2.45, 2.75) is 44.4 Å². The molecule has 5 heteroatoms. The second kappa shape index (κ2) is 5.67. The van der Waals surface area contributed by atoms with E-state index in [1.165, 1.54) is 0 Å². The average Bonchev–Trinajstić information content (AvgIpc) is 2.98. The molecule has 0 unspecified atom stereocenters. The van der Waals surface area contributed by atoms with Gasteiger partial charge < -0.3 is 9.26 Å². The molecule has 0 N–H and O–H groups in total. The molecule has 0 bridgehead atoms. The highest BCUT2D eigenvalue weighted by Crippen LogP contribution is 2.41. The first kappa shape index (κ1) is 15.5. The number of hydrogen-bond acceptors (Lipinski definition) is 4. The Kier molecular flexibility index (Phi) is 4.00. The van der Waals surface area contributed by atoms with Gasteiger partial charge in [0.05, 0.1) is 5.41 Å². The fourth-order valence-electron chi connectivity index (χ4n) is 2.85. The Morgan fingerprint density at radius 1 is 1.18 bits per heavy atom. The Morgan fingerprint density at radius 2 is 1.91 bits per heavy atom. The van der Waals surface area contributed by atoms with Gasteiger partial charge in [0.2, 0.25) is 5.89 Å². The summed E-state index contributed by atoms with van der Waals surface area (Å²) >= 11 is 6.19. The molecule has 118 valence electrons. The molecule has 2 aromatic rings. The summed E-state index contributed by atoms with van der Waals surface area (Å²) in [5.41, 5.74) is 0.676. The van der Waals surface area contributed by atoms with Crippen molar-refractivity contribution < 1.29 is 9.26 Å². The maximum absolute atomic E-state index is 6.19. The summed E-state index contributed by atoms with van der Waals surface area (Å²) in [6.07, 6.45) is 1.64.